The van der Waals surface area contributed by atoms with Gasteiger partial charge in [0.25, 0.3) is 5.91 Å². The minimum absolute atomic E-state index is 0.0162. The van der Waals surface area contributed by atoms with Crippen LogP contribution in [-0.4, -0.2) is 29.8 Å². The van der Waals surface area contributed by atoms with E-state index in [4.69, 9.17) is 4.74 Å². The quantitative estimate of drug-likeness (QED) is 0.424. The van der Waals surface area contributed by atoms with Gasteiger partial charge in [-0.1, -0.05) is 6.58 Å². The van der Waals surface area contributed by atoms with Crippen LogP contribution in [0.3, 0.4) is 0 Å². The van der Waals surface area contributed by atoms with Gasteiger partial charge >= 0.3 is 5.97 Å². The third-order valence-corrected chi connectivity index (χ3v) is 1.68. The van der Waals surface area contributed by atoms with Crippen molar-refractivity contribution in [1.82, 2.24) is 5.32 Å². The molecule has 0 spiro atoms. The number of carbonyl (C=O) groups is 3. The monoisotopic (exact) mass is 227 g/mol. The number of nitrogens with one attached hydrogen (secondary N) is 1. The summed E-state index contributed by atoms with van der Waals surface area (Å²) in [5, 5.41) is 2.45. The number of Topliss-reactive ketones (excluding diaryl/α,β-unsaturated/α-hetero) is 1. The van der Waals surface area contributed by atoms with Gasteiger partial charge in [0.1, 0.15) is 6.61 Å². The predicted molar refractivity (Wildman–Crippen MR) is 58.7 cm³/mol. The third-order valence-electron chi connectivity index (χ3n) is 1.68. The van der Waals surface area contributed by atoms with E-state index >= 15 is 0 Å². The Morgan fingerprint density at radius 2 is 1.75 bits per heavy atom. The van der Waals surface area contributed by atoms with Crippen LogP contribution in [-0.2, 0) is 19.1 Å². The van der Waals surface area contributed by atoms with Crippen LogP contribution >= 0.6 is 0 Å². The SMILES string of the molecule is C=C(C)C(=O)OCC(C)(C)NC(=O)C(C)=O. The molecule has 90 valence electrons. The van der Waals surface area contributed by atoms with Gasteiger partial charge in [0.15, 0.2) is 0 Å². The minimum Gasteiger partial charge on any atom is -0.460 e. The highest BCUT2D eigenvalue weighted by molar-refractivity contribution is 6.35. The lowest BCUT2D eigenvalue weighted by Gasteiger charge is -2.25. The smallest absolute Gasteiger partial charge is 0.333 e. The van der Waals surface area contributed by atoms with Crippen molar-refractivity contribution in [2.45, 2.75) is 33.2 Å². The molecule has 1 N–H and O–H groups in total. The molecular formula is C11H17NO4. The summed E-state index contributed by atoms with van der Waals surface area (Å²) in [6.45, 7) is 9.42. The van der Waals surface area contributed by atoms with Crippen LogP contribution < -0.4 is 5.32 Å². The van der Waals surface area contributed by atoms with E-state index < -0.39 is 23.2 Å². The lowest BCUT2D eigenvalue weighted by atomic mass is 10.1. The van der Waals surface area contributed by atoms with Gasteiger partial charge in [0, 0.05) is 12.5 Å². The lowest BCUT2D eigenvalue weighted by molar-refractivity contribution is -0.143. The molecule has 0 aromatic rings. The van der Waals surface area contributed by atoms with Crippen LogP contribution in [0.4, 0.5) is 0 Å². The van der Waals surface area contributed by atoms with Crippen molar-refractivity contribution in [3.63, 3.8) is 0 Å². The maximum absolute atomic E-state index is 11.1. The highest BCUT2D eigenvalue weighted by Gasteiger charge is 2.24. The molecule has 0 rings (SSSR count). The molecule has 0 aliphatic rings. The number of ketones is 1. The standard InChI is InChI=1S/C11H17NO4/c1-7(2)10(15)16-6-11(4,5)12-9(14)8(3)13/h1,6H2,2-5H3,(H,12,14). The Morgan fingerprint density at radius 3 is 2.12 bits per heavy atom. The Morgan fingerprint density at radius 1 is 1.25 bits per heavy atom. The van der Waals surface area contributed by atoms with Crippen molar-refractivity contribution in [2.75, 3.05) is 6.61 Å². The molecule has 0 aromatic heterocycles. The molecule has 0 saturated heterocycles. The highest BCUT2D eigenvalue weighted by Crippen LogP contribution is 2.04. The summed E-state index contributed by atoms with van der Waals surface area (Å²) in [6.07, 6.45) is 0. The zero-order valence-corrected chi connectivity index (χ0v) is 10.0. The maximum atomic E-state index is 11.1. The number of esters is 1. The molecule has 0 fully saturated rings. The van der Waals surface area contributed by atoms with Crippen LogP contribution in [0.1, 0.15) is 27.7 Å². The maximum Gasteiger partial charge on any atom is 0.333 e. The first-order valence-corrected chi connectivity index (χ1v) is 4.81. The zero-order chi connectivity index (χ0) is 12.9. The summed E-state index contributed by atoms with van der Waals surface area (Å²) in [5.74, 6) is -1.80. The fourth-order valence-corrected chi connectivity index (χ4v) is 0.801. The second-order valence-corrected chi connectivity index (χ2v) is 4.25. The fourth-order valence-electron chi connectivity index (χ4n) is 0.801. The van der Waals surface area contributed by atoms with Gasteiger partial charge in [-0.3, -0.25) is 9.59 Å². The molecular weight excluding hydrogens is 210 g/mol. The normalized spacial score (nSPS) is 10.5. The first kappa shape index (κ1) is 14.3. The molecule has 0 atom stereocenters. The van der Waals surface area contributed by atoms with Gasteiger partial charge < -0.3 is 10.1 Å². The second-order valence-electron chi connectivity index (χ2n) is 4.25. The molecule has 0 radical (unpaired) electrons. The molecule has 0 unspecified atom stereocenters. The van der Waals surface area contributed by atoms with E-state index in [1.165, 1.54) is 13.8 Å². The Bertz CT molecular complexity index is 331. The van der Waals surface area contributed by atoms with Crippen molar-refractivity contribution in [3.8, 4) is 0 Å². The largest absolute Gasteiger partial charge is 0.460 e. The van der Waals surface area contributed by atoms with Crippen molar-refractivity contribution in [1.29, 1.82) is 0 Å². The van der Waals surface area contributed by atoms with Crippen molar-refractivity contribution in [3.05, 3.63) is 12.2 Å². The molecule has 0 heterocycles. The first-order chi connectivity index (χ1) is 7.15. The minimum atomic E-state index is -0.784. The molecule has 0 aliphatic carbocycles. The fraction of sp³-hybridized carbons (Fsp3) is 0.545. The Hall–Kier alpha value is -1.65. The van der Waals surface area contributed by atoms with Crippen LogP contribution in [0.25, 0.3) is 0 Å². The number of rotatable bonds is 5. The topological polar surface area (TPSA) is 72.5 Å². The average molecular weight is 227 g/mol. The molecule has 5 nitrogen and oxygen atoms in total. The highest BCUT2D eigenvalue weighted by atomic mass is 16.5. The van der Waals surface area contributed by atoms with Gasteiger partial charge in [0.2, 0.25) is 5.78 Å². The predicted octanol–water partition coefficient (Wildman–Crippen LogP) is 0.589. The summed E-state index contributed by atoms with van der Waals surface area (Å²) in [5.41, 5.74) is -0.498. The van der Waals surface area contributed by atoms with E-state index in [0.29, 0.717) is 0 Å². The van der Waals surface area contributed by atoms with Crippen LogP contribution in [0.15, 0.2) is 12.2 Å². The van der Waals surface area contributed by atoms with E-state index in [-0.39, 0.29) is 12.2 Å². The van der Waals surface area contributed by atoms with Gasteiger partial charge in [-0.05, 0) is 20.8 Å². The van der Waals surface area contributed by atoms with Crippen LogP contribution in [0.5, 0.6) is 0 Å². The molecule has 0 aromatic carbocycles. The van der Waals surface area contributed by atoms with Crippen molar-refractivity contribution in [2.24, 2.45) is 0 Å². The van der Waals surface area contributed by atoms with Gasteiger partial charge in [-0.15, -0.1) is 0 Å². The molecule has 1 amide bonds. The van der Waals surface area contributed by atoms with Crippen LogP contribution in [0.2, 0.25) is 0 Å². The van der Waals surface area contributed by atoms with E-state index in [0.717, 1.165) is 0 Å². The zero-order valence-electron chi connectivity index (χ0n) is 10.0. The second kappa shape index (κ2) is 5.44. The Kier molecular flexibility index (Phi) is 4.88. The van der Waals surface area contributed by atoms with Gasteiger partial charge in [0.05, 0.1) is 5.54 Å². The Labute approximate surface area is 94.8 Å². The number of amides is 1. The third kappa shape index (κ3) is 5.29. The van der Waals surface area contributed by atoms with Crippen molar-refractivity contribution < 1.29 is 19.1 Å². The summed E-state index contributed by atoms with van der Waals surface area (Å²) >= 11 is 0. The Balaban J connectivity index is 4.25. The average Bonchev–Trinajstić information content (AvgIpc) is 2.13. The molecule has 5 heteroatoms. The van der Waals surface area contributed by atoms with E-state index in [1.54, 1.807) is 13.8 Å². The van der Waals surface area contributed by atoms with Gasteiger partial charge in [-0.25, -0.2) is 4.79 Å². The summed E-state index contributed by atoms with van der Waals surface area (Å²) in [4.78, 5) is 33.0. The lowest BCUT2D eigenvalue weighted by Crippen LogP contribution is -2.49. The van der Waals surface area contributed by atoms with Crippen molar-refractivity contribution >= 4 is 17.7 Å². The molecule has 0 bridgehead atoms. The molecule has 16 heavy (non-hydrogen) atoms. The van der Waals surface area contributed by atoms with E-state index in [2.05, 4.69) is 11.9 Å². The summed E-state index contributed by atoms with van der Waals surface area (Å²) in [7, 11) is 0. The van der Waals surface area contributed by atoms with E-state index in [9.17, 15) is 14.4 Å². The summed E-state index contributed by atoms with van der Waals surface area (Å²) < 4.78 is 4.88. The number of carbonyl (C=O) groups excluding carboxylic acids is 3. The first-order valence-electron chi connectivity index (χ1n) is 4.81. The number of hydrogen-bond donors (Lipinski definition) is 1. The van der Waals surface area contributed by atoms with Crippen LogP contribution in [0, 0.1) is 0 Å². The number of hydrogen-bond acceptors (Lipinski definition) is 4. The molecule has 0 aliphatic heterocycles. The van der Waals surface area contributed by atoms with E-state index in [1.807, 2.05) is 0 Å². The van der Waals surface area contributed by atoms with Gasteiger partial charge in [-0.2, -0.15) is 0 Å². The number of ether oxygens (including phenoxy) is 1. The summed E-state index contributed by atoms with van der Waals surface area (Å²) in [6, 6.07) is 0. The molecule has 0 saturated carbocycles.